The van der Waals surface area contributed by atoms with Crippen LogP contribution >= 0.6 is 0 Å². The zero-order valence-electron chi connectivity index (χ0n) is 23.5. The monoisotopic (exact) mass is 548 g/mol. The largest absolute Gasteiger partial charge is 0.395 e. The molecular weight excluding hydrogens is 504 g/mol. The standard InChI is InChI=1S/C30H44N8O2/c39-3-1-31-29-33-25-26(27(35-29)37-15-21-7-17-5-18(8-21)12-23(37)11-17)34-30(32-2-4-40)36-28(25)38-16-22-9-19-6-20(10-22)14-24(38)13-19/h17-24,39-40H,1-16H2,(H,31,33,35)(H,32,34,36)/t17-,18+,19-,20+,21?,22?,23?,24?. The molecule has 4 N–H and O–H groups in total. The molecule has 0 aromatic carbocycles. The lowest BCUT2D eigenvalue weighted by Crippen LogP contribution is -2.40. The summed E-state index contributed by atoms with van der Waals surface area (Å²) in [6.07, 6.45) is 13.1. The van der Waals surface area contributed by atoms with Gasteiger partial charge in [0.05, 0.1) is 13.2 Å². The van der Waals surface area contributed by atoms with Crippen molar-refractivity contribution in [1.82, 2.24) is 19.9 Å². The van der Waals surface area contributed by atoms with E-state index in [1.165, 1.54) is 64.2 Å². The van der Waals surface area contributed by atoms with Crippen LogP contribution in [-0.2, 0) is 0 Å². The summed E-state index contributed by atoms with van der Waals surface area (Å²) >= 11 is 0. The first-order valence-electron chi connectivity index (χ1n) is 16.0. The lowest BCUT2D eigenvalue weighted by atomic mass is 9.68. The molecule has 0 spiro atoms. The number of nitrogens with one attached hydrogen (secondary N) is 2. The van der Waals surface area contributed by atoms with Crippen molar-refractivity contribution in [1.29, 1.82) is 0 Å². The maximum Gasteiger partial charge on any atom is 0.225 e. The van der Waals surface area contributed by atoms with Crippen LogP contribution < -0.4 is 20.4 Å². The van der Waals surface area contributed by atoms with Crippen molar-refractivity contribution < 1.29 is 10.2 Å². The van der Waals surface area contributed by atoms with E-state index < -0.39 is 0 Å². The molecule has 2 aromatic rings. The van der Waals surface area contributed by atoms with Gasteiger partial charge in [0, 0.05) is 38.3 Å². The zero-order valence-corrected chi connectivity index (χ0v) is 23.5. The Bertz CT molecular complexity index is 1140. The predicted molar refractivity (Wildman–Crippen MR) is 156 cm³/mol. The smallest absolute Gasteiger partial charge is 0.225 e. The van der Waals surface area contributed by atoms with Crippen LogP contribution in [0.3, 0.4) is 0 Å². The van der Waals surface area contributed by atoms with Gasteiger partial charge in [0.15, 0.2) is 11.6 Å². The lowest BCUT2D eigenvalue weighted by Gasteiger charge is -2.39. The second-order valence-electron chi connectivity index (χ2n) is 13.9. The fraction of sp³-hybridized carbons (Fsp3) is 0.800. The Hall–Kier alpha value is -2.46. The second-order valence-corrected chi connectivity index (χ2v) is 13.9. The van der Waals surface area contributed by atoms with Gasteiger partial charge in [0.2, 0.25) is 11.9 Å². The maximum atomic E-state index is 9.60. The van der Waals surface area contributed by atoms with Gasteiger partial charge in [-0.2, -0.15) is 9.97 Å². The zero-order chi connectivity index (χ0) is 26.8. The lowest BCUT2D eigenvalue weighted by molar-refractivity contribution is 0.157. The third-order valence-corrected chi connectivity index (χ3v) is 11.1. The molecule has 0 radical (unpaired) electrons. The van der Waals surface area contributed by atoms with Crippen molar-refractivity contribution in [3.63, 3.8) is 0 Å². The Labute approximate surface area is 236 Å². The number of hydrogen-bond acceptors (Lipinski definition) is 10. The molecule has 4 aliphatic heterocycles. The molecule has 10 rings (SSSR count). The average molecular weight is 549 g/mol. The summed E-state index contributed by atoms with van der Waals surface area (Å²) in [7, 11) is 0. The fourth-order valence-corrected chi connectivity index (χ4v) is 9.97. The summed E-state index contributed by atoms with van der Waals surface area (Å²) in [5, 5.41) is 25.8. The highest BCUT2D eigenvalue weighted by Gasteiger charge is 2.45. The van der Waals surface area contributed by atoms with Crippen molar-refractivity contribution >= 4 is 34.6 Å². The molecule has 4 saturated carbocycles. The molecule has 0 amide bonds. The van der Waals surface area contributed by atoms with Gasteiger partial charge in [-0.05, 0) is 99.7 Å². The molecule has 10 nitrogen and oxygen atoms in total. The van der Waals surface area contributed by atoms with E-state index in [9.17, 15) is 10.2 Å². The molecular formula is C30H44N8O2. The van der Waals surface area contributed by atoms with Crippen molar-refractivity contribution in [2.45, 2.75) is 76.3 Å². The highest BCUT2D eigenvalue weighted by Crippen LogP contribution is 2.51. The van der Waals surface area contributed by atoms with E-state index in [0.29, 0.717) is 48.9 Å². The molecule has 40 heavy (non-hydrogen) atoms. The number of aliphatic hydroxyl groups is 2. The van der Waals surface area contributed by atoms with Gasteiger partial charge >= 0.3 is 0 Å². The van der Waals surface area contributed by atoms with Gasteiger partial charge in [0.1, 0.15) is 11.0 Å². The van der Waals surface area contributed by atoms with Gasteiger partial charge in [-0.3, -0.25) is 0 Å². The molecule has 216 valence electrons. The summed E-state index contributed by atoms with van der Waals surface area (Å²) in [5.41, 5.74) is 1.65. The molecule has 8 atom stereocenters. The van der Waals surface area contributed by atoms with E-state index in [0.717, 1.165) is 59.4 Å². The van der Waals surface area contributed by atoms with Crippen molar-refractivity contribution in [2.75, 3.05) is 59.8 Å². The minimum Gasteiger partial charge on any atom is -0.395 e. The van der Waals surface area contributed by atoms with Crippen molar-refractivity contribution in [3.8, 4) is 0 Å². The second kappa shape index (κ2) is 10.1. The highest BCUT2D eigenvalue weighted by molar-refractivity contribution is 5.95. The van der Waals surface area contributed by atoms with E-state index >= 15 is 0 Å². The van der Waals surface area contributed by atoms with E-state index in [1.807, 2.05) is 0 Å². The van der Waals surface area contributed by atoms with Crippen LogP contribution in [0.25, 0.3) is 11.0 Å². The minimum atomic E-state index is 0.0283. The maximum absolute atomic E-state index is 9.60. The normalized spacial score (nSPS) is 35.9. The Balaban J connectivity index is 1.29. The Kier molecular flexibility index (Phi) is 6.39. The first-order valence-corrected chi connectivity index (χ1v) is 16.0. The molecule has 8 fully saturated rings. The van der Waals surface area contributed by atoms with Crippen LogP contribution in [-0.4, -0.2) is 81.6 Å². The average Bonchev–Trinajstić information content (AvgIpc) is 3.27. The molecule has 4 aliphatic carbocycles. The summed E-state index contributed by atoms with van der Waals surface area (Å²) in [4.78, 5) is 25.5. The van der Waals surface area contributed by atoms with Gasteiger partial charge in [-0.25, -0.2) is 9.97 Å². The SMILES string of the molecule is OCCNc1nc(N2CC3C[C@@H]4CC2C[C@H](C3)C4)c2nc(NCCO)nc(N3CC4C[C@@H]5CC3C[C@H](C4)C5)c2n1. The predicted octanol–water partition coefficient (Wildman–Crippen LogP) is 3.26. The molecule has 6 heterocycles. The number of aromatic nitrogens is 4. The number of aliphatic hydroxyl groups excluding tert-OH is 2. The molecule has 4 saturated heterocycles. The van der Waals surface area contributed by atoms with Crippen LogP contribution in [0, 0.1) is 35.5 Å². The van der Waals surface area contributed by atoms with E-state index in [2.05, 4.69) is 20.4 Å². The summed E-state index contributed by atoms with van der Waals surface area (Å²) in [6, 6.07) is 0.966. The van der Waals surface area contributed by atoms with E-state index in [4.69, 9.17) is 19.9 Å². The Morgan fingerprint density at radius 2 is 0.900 bits per heavy atom. The molecule has 2 aromatic heterocycles. The Morgan fingerprint density at radius 3 is 1.27 bits per heavy atom. The van der Waals surface area contributed by atoms with Gasteiger partial charge in [0.25, 0.3) is 0 Å². The van der Waals surface area contributed by atoms with Crippen molar-refractivity contribution in [3.05, 3.63) is 0 Å². The molecule has 10 heteroatoms. The van der Waals surface area contributed by atoms with Gasteiger partial charge in [-0.15, -0.1) is 0 Å². The fourth-order valence-electron chi connectivity index (χ4n) is 9.97. The van der Waals surface area contributed by atoms with Crippen LogP contribution in [0.4, 0.5) is 23.5 Å². The van der Waals surface area contributed by atoms with Crippen LogP contribution in [0.2, 0.25) is 0 Å². The first-order chi connectivity index (χ1) is 19.6. The van der Waals surface area contributed by atoms with Crippen molar-refractivity contribution in [2.24, 2.45) is 35.5 Å². The summed E-state index contributed by atoms with van der Waals surface area (Å²) in [5.74, 6) is 7.71. The van der Waals surface area contributed by atoms with Crippen LogP contribution in [0.1, 0.15) is 64.2 Å². The van der Waals surface area contributed by atoms with Gasteiger partial charge in [-0.1, -0.05) is 0 Å². The van der Waals surface area contributed by atoms with E-state index in [-0.39, 0.29) is 13.2 Å². The van der Waals surface area contributed by atoms with E-state index in [1.54, 1.807) is 0 Å². The third kappa shape index (κ3) is 4.46. The number of fused-ring (bicyclic) bond motifs is 3. The van der Waals surface area contributed by atoms with Crippen LogP contribution in [0.15, 0.2) is 0 Å². The van der Waals surface area contributed by atoms with Gasteiger partial charge < -0.3 is 30.6 Å². The number of rotatable bonds is 8. The number of nitrogens with zero attached hydrogens (tertiary/aromatic N) is 6. The Morgan fingerprint density at radius 1 is 0.525 bits per heavy atom. The topological polar surface area (TPSA) is 123 Å². The molecule has 8 aliphatic rings. The molecule has 4 unspecified atom stereocenters. The van der Waals surface area contributed by atoms with Crippen LogP contribution in [0.5, 0.6) is 0 Å². The number of hydrogen-bond donors (Lipinski definition) is 4. The first kappa shape index (κ1) is 25.3. The third-order valence-electron chi connectivity index (χ3n) is 11.1. The highest BCUT2D eigenvalue weighted by atomic mass is 16.3. The summed E-state index contributed by atoms with van der Waals surface area (Å²) < 4.78 is 0. The minimum absolute atomic E-state index is 0.0283. The summed E-state index contributed by atoms with van der Waals surface area (Å²) in [6.45, 7) is 2.93. The number of anilines is 4. The molecule has 8 bridgehead atoms. The quantitative estimate of drug-likeness (QED) is 0.391.